The Kier molecular flexibility index (Phi) is 3.65. The number of aliphatic hydroxyl groups excluding tert-OH is 1. The summed E-state index contributed by atoms with van der Waals surface area (Å²) >= 11 is 0. The minimum atomic E-state index is -0.879. The second kappa shape index (κ2) is 5.56. The van der Waals surface area contributed by atoms with E-state index in [1.807, 2.05) is 12.1 Å². The maximum atomic E-state index is 11.1. The normalized spacial score (nSPS) is 30.1. The Labute approximate surface area is 135 Å². The van der Waals surface area contributed by atoms with Gasteiger partial charge in [0, 0.05) is 45.3 Å². The smallest absolute Gasteiger partial charge is 0.335 e. The number of nitrogens with one attached hydrogen (secondary N) is 1. The zero-order chi connectivity index (χ0) is 16.0. The Bertz CT molecular complexity index is 617. The number of aliphatic hydroxyl groups is 1. The van der Waals surface area contributed by atoms with Crippen molar-refractivity contribution in [1.82, 2.24) is 15.1 Å². The van der Waals surface area contributed by atoms with Gasteiger partial charge in [-0.05, 0) is 24.1 Å². The molecule has 124 valence electrons. The topological polar surface area (TPSA) is 76.0 Å². The highest BCUT2D eigenvalue weighted by Crippen LogP contribution is 2.35. The molecular formula is C17H23N3O3. The van der Waals surface area contributed by atoms with Gasteiger partial charge in [-0.1, -0.05) is 12.1 Å². The van der Waals surface area contributed by atoms with Crippen LogP contribution >= 0.6 is 0 Å². The third-order valence-electron chi connectivity index (χ3n) is 5.48. The molecule has 0 unspecified atom stereocenters. The SMILES string of the molecule is O=C(O)c1cccc(CN2C[C@@H]3C[C@@H](O)CN3C3(CNC3)C2)c1. The Balaban J connectivity index is 1.51. The number of piperazine rings is 1. The standard InChI is InChI=1S/C17H23N3O3/c21-15-5-14-7-19(11-17(9-18-10-17)20(14)8-15)6-12-2-1-3-13(4-12)16(22)23/h1-4,14-15,18,21H,5-11H2,(H,22,23)/t14-,15+/m0/s1. The fourth-order valence-corrected chi connectivity index (χ4v) is 4.43. The molecule has 2 atom stereocenters. The number of benzene rings is 1. The molecule has 0 aromatic heterocycles. The molecule has 1 spiro atoms. The average Bonchev–Trinajstić information content (AvgIpc) is 2.85. The van der Waals surface area contributed by atoms with Crippen LogP contribution in [0.15, 0.2) is 24.3 Å². The monoisotopic (exact) mass is 317 g/mol. The number of hydrogen-bond donors (Lipinski definition) is 3. The van der Waals surface area contributed by atoms with Gasteiger partial charge in [-0.2, -0.15) is 0 Å². The molecule has 0 aliphatic carbocycles. The molecule has 0 bridgehead atoms. The summed E-state index contributed by atoms with van der Waals surface area (Å²) < 4.78 is 0. The van der Waals surface area contributed by atoms with E-state index < -0.39 is 5.97 Å². The van der Waals surface area contributed by atoms with Crippen molar-refractivity contribution in [3.05, 3.63) is 35.4 Å². The average molecular weight is 317 g/mol. The highest BCUT2D eigenvalue weighted by molar-refractivity contribution is 5.87. The van der Waals surface area contributed by atoms with Gasteiger partial charge in [0.1, 0.15) is 0 Å². The van der Waals surface area contributed by atoms with Crippen LogP contribution in [0.2, 0.25) is 0 Å². The van der Waals surface area contributed by atoms with Crippen LogP contribution in [0.1, 0.15) is 22.3 Å². The number of fused-ring (bicyclic) bond motifs is 2. The number of β-amino-alcohol motifs (C(OH)–C–C–N with tert-alkyl or cyclic N) is 1. The number of carboxylic acid groups (broad SMARTS) is 1. The first kappa shape index (κ1) is 15.1. The minimum Gasteiger partial charge on any atom is -0.478 e. The van der Waals surface area contributed by atoms with Crippen molar-refractivity contribution in [2.45, 2.75) is 30.7 Å². The Morgan fingerprint density at radius 2 is 2.17 bits per heavy atom. The van der Waals surface area contributed by atoms with E-state index in [4.69, 9.17) is 5.11 Å². The molecule has 6 heteroatoms. The van der Waals surface area contributed by atoms with Gasteiger partial charge in [0.2, 0.25) is 0 Å². The van der Waals surface area contributed by atoms with Gasteiger partial charge in [0.25, 0.3) is 0 Å². The fourth-order valence-electron chi connectivity index (χ4n) is 4.43. The van der Waals surface area contributed by atoms with Gasteiger partial charge >= 0.3 is 5.97 Å². The molecule has 6 nitrogen and oxygen atoms in total. The lowest BCUT2D eigenvalue weighted by atomic mass is 9.85. The molecule has 0 saturated carbocycles. The largest absolute Gasteiger partial charge is 0.478 e. The van der Waals surface area contributed by atoms with Gasteiger partial charge in [-0.15, -0.1) is 0 Å². The van der Waals surface area contributed by atoms with Crippen molar-refractivity contribution in [2.75, 3.05) is 32.7 Å². The fraction of sp³-hybridized carbons (Fsp3) is 0.588. The molecule has 0 radical (unpaired) electrons. The molecule has 3 fully saturated rings. The number of hydrogen-bond acceptors (Lipinski definition) is 5. The van der Waals surface area contributed by atoms with Gasteiger partial charge in [-0.3, -0.25) is 9.80 Å². The predicted octanol–water partition coefficient (Wildman–Crippen LogP) is -0.0224. The molecule has 3 aliphatic heterocycles. The summed E-state index contributed by atoms with van der Waals surface area (Å²) in [6.45, 7) is 5.42. The lowest BCUT2D eigenvalue weighted by Gasteiger charge is -2.57. The Morgan fingerprint density at radius 1 is 1.35 bits per heavy atom. The lowest BCUT2D eigenvalue weighted by molar-refractivity contribution is -0.0569. The van der Waals surface area contributed by atoms with Gasteiger partial charge in [0.15, 0.2) is 0 Å². The van der Waals surface area contributed by atoms with Crippen molar-refractivity contribution < 1.29 is 15.0 Å². The first-order valence-electron chi connectivity index (χ1n) is 8.26. The van der Waals surface area contributed by atoms with Crippen LogP contribution in [-0.4, -0.2) is 76.4 Å². The van der Waals surface area contributed by atoms with Crippen LogP contribution < -0.4 is 5.32 Å². The maximum Gasteiger partial charge on any atom is 0.335 e. The van der Waals surface area contributed by atoms with E-state index in [9.17, 15) is 9.90 Å². The summed E-state index contributed by atoms with van der Waals surface area (Å²) in [5, 5.41) is 22.6. The number of carbonyl (C=O) groups is 1. The van der Waals surface area contributed by atoms with Crippen molar-refractivity contribution in [2.24, 2.45) is 0 Å². The van der Waals surface area contributed by atoms with Gasteiger partial charge < -0.3 is 15.5 Å². The highest BCUT2D eigenvalue weighted by Gasteiger charge is 2.52. The first-order valence-corrected chi connectivity index (χ1v) is 8.26. The molecule has 23 heavy (non-hydrogen) atoms. The quantitative estimate of drug-likeness (QED) is 0.727. The van der Waals surface area contributed by atoms with Crippen LogP contribution in [0.5, 0.6) is 0 Å². The zero-order valence-electron chi connectivity index (χ0n) is 13.1. The molecule has 3 aliphatic rings. The molecule has 1 aromatic rings. The summed E-state index contributed by atoms with van der Waals surface area (Å²) in [4.78, 5) is 16.0. The molecule has 3 heterocycles. The van der Waals surface area contributed by atoms with Gasteiger partial charge in [0.05, 0.1) is 17.2 Å². The lowest BCUT2D eigenvalue weighted by Crippen LogP contribution is -2.77. The van der Waals surface area contributed by atoms with E-state index in [0.29, 0.717) is 11.6 Å². The predicted molar refractivity (Wildman–Crippen MR) is 85.4 cm³/mol. The summed E-state index contributed by atoms with van der Waals surface area (Å²) in [7, 11) is 0. The zero-order valence-corrected chi connectivity index (χ0v) is 13.1. The molecule has 1 aromatic carbocycles. The Hall–Kier alpha value is -1.47. The number of carboxylic acids is 1. The minimum absolute atomic E-state index is 0.144. The maximum absolute atomic E-state index is 11.1. The van der Waals surface area contributed by atoms with Crippen LogP contribution in [0.25, 0.3) is 0 Å². The van der Waals surface area contributed by atoms with E-state index in [2.05, 4.69) is 15.1 Å². The molecule has 0 amide bonds. The summed E-state index contributed by atoms with van der Waals surface area (Å²) in [5.74, 6) is -0.879. The second-order valence-corrected chi connectivity index (χ2v) is 7.20. The van der Waals surface area contributed by atoms with Crippen LogP contribution in [0, 0.1) is 0 Å². The molecule has 3 saturated heterocycles. The van der Waals surface area contributed by atoms with E-state index in [-0.39, 0.29) is 11.6 Å². The van der Waals surface area contributed by atoms with Gasteiger partial charge in [-0.25, -0.2) is 4.79 Å². The van der Waals surface area contributed by atoms with Crippen molar-refractivity contribution in [1.29, 1.82) is 0 Å². The first-order chi connectivity index (χ1) is 11.1. The number of nitrogens with zero attached hydrogens (tertiary/aromatic N) is 2. The van der Waals surface area contributed by atoms with Crippen LogP contribution in [0.4, 0.5) is 0 Å². The Morgan fingerprint density at radius 3 is 2.87 bits per heavy atom. The van der Waals surface area contributed by atoms with Crippen LogP contribution in [0.3, 0.4) is 0 Å². The molecular weight excluding hydrogens is 294 g/mol. The van der Waals surface area contributed by atoms with E-state index in [1.165, 1.54) is 0 Å². The third kappa shape index (κ3) is 2.65. The summed E-state index contributed by atoms with van der Waals surface area (Å²) in [6.07, 6.45) is 0.626. The van der Waals surface area contributed by atoms with Crippen molar-refractivity contribution >= 4 is 5.97 Å². The van der Waals surface area contributed by atoms with E-state index in [0.717, 1.165) is 51.3 Å². The number of aromatic carboxylic acids is 1. The third-order valence-corrected chi connectivity index (χ3v) is 5.48. The number of rotatable bonds is 3. The summed E-state index contributed by atoms with van der Waals surface area (Å²) in [5.41, 5.74) is 1.53. The van der Waals surface area contributed by atoms with Crippen molar-refractivity contribution in [3.63, 3.8) is 0 Å². The van der Waals surface area contributed by atoms with E-state index >= 15 is 0 Å². The second-order valence-electron chi connectivity index (χ2n) is 7.20. The van der Waals surface area contributed by atoms with Crippen LogP contribution in [-0.2, 0) is 6.54 Å². The highest BCUT2D eigenvalue weighted by atomic mass is 16.4. The summed E-state index contributed by atoms with van der Waals surface area (Å²) in [6, 6.07) is 7.62. The molecule has 3 N–H and O–H groups in total. The van der Waals surface area contributed by atoms with E-state index in [1.54, 1.807) is 12.1 Å². The molecule has 4 rings (SSSR count). The van der Waals surface area contributed by atoms with Crippen molar-refractivity contribution in [3.8, 4) is 0 Å².